The molecule has 0 saturated carbocycles. The summed E-state index contributed by atoms with van der Waals surface area (Å²) >= 11 is 0. The van der Waals surface area contributed by atoms with E-state index in [-0.39, 0.29) is 88.1 Å². The molecule has 0 saturated heterocycles. The van der Waals surface area contributed by atoms with Gasteiger partial charge in [-0.1, -0.05) is 0 Å². The first-order valence-corrected chi connectivity index (χ1v) is 5.33. The van der Waals surface area contributed by atoms with Gasteiger partial charge in [0.25, 0.3) is 0 Å². The van der Waals surface area contributed by atoms with Gasteiger partial charge < -0.3 is 22.9 Å². The molecule has 0 amide bonds. The zero-order valence-corrected chi connectivity index (χ0v) is 15.1. The van der Waals surface area contributed by atoms with Crippen LogP contribution in [0, 0.1) is 32.7 Å². The maximum absolute atomic E-state index is 13.6. The van der Waals surface area contributed by atoms with Gasteiger partial charge in [0.1, 0.15) is 12.4 Å². The third-order valence-corrected chi connectivity index (χ3v) is 2.51. The number of hydrazone groups is 1. The Hall–Kier alpha value is -0.734. The maximum atomic E-state index is 13.6. The van der Waals surface area contributed by atoms with Crippen molar-refractivity contribution in [1.29, 1.82) is 0 Å². The Morgan fingerprint density at radius 1 is 1.38 bits per heavy atom. The molecule has 1 aromatic carbocycles. The van der Waals surface area contributed by atoms with Crippen LogP contribution < -0.4 is 57.1 Å². The Labute approximate surface area is 165 Å². The molecule has 7 heteroatoms. The number of nitrogen functional groups attached to an aromatic ring is 1. The van der Waals surface area contributed by atoms with Crippen molar-refractivity contribution < 1.29 is 64.9 Å². The van der Waals surface area contributed by atoms with Crippen molar-refractivity contribution in [1.82, 2.24) is 5.01 Å². The third-order valence-electron chi connectivity index (χ3n) is 2.51. The standard InChI is InChI=1S/C13H11F2N3O.CH3.K/c1-8-5-9(6-17-18(8)2)19-7-10-11(14)3-4-12(16)13(10)15;;/h1,3-6H,2,7,16H2;1H3;/q-2;-1;+1. The van der Waals surface area contributed by atoms with Crippen molar-refractivity contribution in [3.8, 4) is 0 Å². The Kier molecular flexibility index (Phi) is 8.34. The number of hydrogen-bond acceptors (Lipinski definition) is 4. The van der Waals surface area contributed by atoms with Crippen LogP contribution in [0.3, 0.4) is 0 Å². The van der Waals surface area contributed by atoms with Gasteiger partial charge in [-0.15, -0.1) is 6.08 Å². The Morgan fingerprint density at radius 3 is 2.67 bits per heavy atom. The zero-order chi connectivity index (χ0) is 14.0. The maximum Gasteiger partial charge on any atom is 1.00 e. The van der Waals surface area contributed by atoms with E-state index in [0.29, 0.717) is 0 Å². The van der Waals surface area contributed by atoms with E-state index in [2.05, 4.69) is 12.1 Å². The SMILES string of the molecule is [CH-]=C1C=C(OCc2c(F)ccc(N)c2F)C=NN1[CH2-].[CH3-].[K+]. The van der Waals surface area contributed by atoms with Crippen LogP contribution in [0.15, 0.2) is 34.8 Å². The minimum atomic E-state index is -0.830. The van der Waals surface area contributed by atoms with Crippen LogP contribution in [-0.4, -0.2) is 11.2 Å². The van der Waals surface area contributed by atoms with Gasteiger partial charge in [0.2, 0.25) is 0 Å². The third kappa shape index (κ3) is 4.89. The normalized spacial score (nSPS) is 13.2. The topological polar surface area (TPSA) is 50.9 Å². The summed E-state index contributed by atoms with van der Waals surface area (Å²) < 4.78 is 32.3. The smallest absolute Gasteiger partial charge is 0.506 e. The van der Waals surface area contributed by atoms with E-state index in [1.165, 1.54) is 17.3 Å². The molecule has 4 nitrogen and oxygen atoms in total. The molecule has 1 heterocycles. The van der Waals surface area contributed by atoms with Crippen LogP contribution in [0.25, 0.3) is 0 Å². The number of ether oxygens (including phenoxy) is 1. The van der Waals surface area contributed by atoms with Crippen LogP contribution in [-0.2, 0) is 11.3 Å². The Bertz CT molecular complexity index is 588. The predicted octanol–water partition coefficient (Wildman–Crippen LogP) is -0.188. The number of benzene rings is 1. The summed E-state index contributed by atoms with van der Waals surface area (Å²) in [6, 6.07) is 2.24. The molecule has 1 aliphatic rings. The van der Waals surface area contributed by atoms with E-state index in [4.69, 9.17) is 17.0 Å². The summed E-state index contributed by atoms with van der Waals surface area (Å²) in [5.74, 6) is -1.28. The molecule has 1 aliphatic heterocycles. The van der Waals surface area contributed by atoms with E-state index >= 15 is 0 Å². The summed E-state index contributed by atoms with van der Waals surface area (Å²) in [4.78, 5) is 0. The second kappa shape index (κ2) is 8.65. The molecule has 2 N–H and O–H groups in total. The second-order valence-corrected chi connectivity index (χ2v) is 3.83. The molecular formula is C14H14F2KN3O-2. The van der Waals surface area contributed by atoms with Gasteiger partial charge in [-0.25, -0.2) is 20.9 Å². The van der Waals surface area contributed by atoms with Crippen LogP contribution in [0.5, 0.6) is 0 Å². The molecule has 2 rings (SSSR count). The van der Waals surface area contributed by atoms with Crippen molar-refractivity contribution >= 4 is 11.9 Å². The first-order chi connectivity index (χ1) is 8.99. The molecule has 0 bridgehead atoms. The van der Waals surface area contributed by atoms with Crippen molar-refractivity contribution in [2.75, 3.05) is 5.73 Å². The van der Waals surface area contributed by atoms with Gasteiger partial charge >= 0.3 is 51.4 Å². The Balaban J connectivity index is 0.00000200. The number of halogens is 2. The number of rotatable bonds is 3. The summed E-state index contributed by atoms with van der Waals surface area (Å²) in [6.45, 7) is 5.25. The monoisotopic (exact) mass is 317 g/mol. The number of nitrogens with zero attached hydrogens (tertiary/aromatic N) is 2. The fourth-order valence-corrected chi connectivity index (χ4v) is 1.43. The fraction of sp³-hybridized carbons (Fsp3) is 0.0714. The molecule has 0 spiro atoms. The summed E-state index contributed by atoms with van der Waals surface area (Å²) in [6.07, 6.45) is 2.79. The van der Waals surface area contributed by atoms with Crippen molar-refractivity contribution in [3.63, 3.8) is 0 Å². The summed E-state index contributed by atoms with van der Waals surface area (Å²) in [5, 5.41) is 4.99. The molecular weight excluding hydrogens is 303 g/mol. The number of hydrogen-bond donors (Lipinski definition) is 1. The van der Waals surface area contributed by atoms with Crippen LogP contribution in [0.1, 0.15) is 5.56 Å². The minimum absolute atomic E-state index is 0. The molecule has 21 heavy (non-hydrogen) atoms. The van der Waals surface area contributed by atoms with Crippen molar-refractivity contribution in [2.45, 2.75) is 6.61 Å². The van der Waals surface area contributed by atoms with Crippen LogP contribution >= 0.6 is 0 Å². The van der Waals surface area contributed by atoms with Crippen molar-refractivity contribution in [2.24, 2.45) is 5.10 Å². The number of allylic oxidation sites excluding steroid dienone is 2. The van der Waals surface area contributed by atoms with Gasteiger partial charge in [-0.3, -0.25) is 6.58 Å². The average Bonchev–Trinajstić information content (AvgIpc) is 2.38. The molecule has 0 fully saturated rings. The second-order valence-electron chi connectivity index (χ2n) is 3.83. The van der Waals surface area contributed by atoms with E-state index in [1.807, 2.05) is 0 Å². The average molecular weight is 317 g/mol. The number of anilines is 1. The summed E-state index contributed by atoms with van der Waals surface area (Å²) in [5.41, 5.74) is 5.23. The molecule has 1 aromatic rings. The Morgan fingerprint density at radius 2 is 2.05 bits per heavy atom. The molecule has 108 valence electrons. The van der Waals surface area contributed by atoms with E-state index in [9.17, 15) is 8.78 Å². The molecule has 0 atom stereocenters. The fourth-order valence-electron chi connectivity index (χ4n) is 1.43. The zero-order valence-electron chi connectivity index (χ0n) is 11.9. The van der Waals surface area contributed by atoms with E-state index < -0.39 is 11.6 Å². The minimum Gasteiger partial charge on any atom is -0.506 e. The summed E-state index contributed by atoms with van der Waals surface area (Å²) in [7, 11) is 3.51. The first-order valence-electron chi connectivity index (χ1n) is 5.33. The molecule has 0 unspecified atom stereocenters. The van der Waals surface area contributed by atoms with Crippen LogP contribution in [0.4, 0.5) is 14.5 Å². The van der Waals surface area contributed by atoms with Gasteiger partial charge in [0, 0.05) is 0 Å². The molecule has 0 aromatic heterocycles. The van der Waals surface area contributed by atoms with E-state index in [0.717, 1.165) is 12.1 Å². The van der Waals surface area contributed by atoms with Gasteiger partial charge in [0.15, 0.2) is 5.82 Å². The first kappa shape index (κ1) is 20.3. The quantitative estimate of drug-likeness (QED) is 0.478. The van der Waals surface area contributed by atoms with Gasteiger partial charge in [0.05, 0.1) is 23.2 Å². The van der Waals surface area contributed by atoms with Gasteiger partial charge in [-0.05, 0) is 12.1 Å². The molecule has 0 radical (unpaired) electrons. The largest absolute Gasteiger partial charge is 1.00 e. The van der Waals surface area contributed by atoms with Gasteiger partial charge in [-0.2, -0.15) is 5.70 Å². The predicted molar refractivity (Wildman–Crippen MR) is 73.6 cm³/mol. The van der Waals surface area contributed by atoms with Crippen molar-refractivity contribution in [3.05, 3.63) is 67.9 Å². The van der Waals surface area contributed by atoms with E-state index in [1.54, 1.807) is 0 Å². The number of nitrogens with two attached hydrogens (primary N) is 1. The molecule has 0 aliphatic carbocycles. The van der Waals surface area contributed by atoms with Crippen LogP contribution in [0.2, 0.25) is 0 Å².